The number of nitrogens with zero attached hydrogens (tertiary/aromatic N) is 1. The van der Waals surface area contributed by atoms with Crippen LogP contribution in [0.3, 0.4) is 0 Å². The number of rotatable bonds is 5. The number of carbonyl (C=O) groups excluding carboxylic acids is 1. The van der Waals surface area contributed by atoms with Crippen LogP contribution in [0.25, 0.3) is 0 Å². The molecule has 4 nitrogen and oxygen atoms in total. The molecule has 1 aromatic heterocycles. The molecule has 1 amide bonds. The number of hydrogen-bond donors (Lipinski definition) is 2. The first kappa shape index (κ1) is 13.6. The number of hydrogen-bond acceptors (Lipinski definition) is 3. The Morgan fingerprint density at radius 3 is 2.89 bits per heavy atom. The van der Waals surface area contributed by atoms with Crippen molar-refractivity contribution in [3.63, 3.8) is 0 Å². The fraction of sp³-hybridized carbons (Fsp3) is 0.467. The van der Waals surface area contributed by atoms with Crippen molar-refractivity contribution in [3.8, 4) is 0 Å². The minimum Gasteiger partial charge on any atom is -0.383 e. The van der Waals surface area contributed by atoms with E-state index >= 15 is 0 Å². The Labute approximate surface area is 114 Å². The number of amides is 1. The molecule has 0 spiro atoms. The van der Waals surface area contributed by atoms with Gasteiger partial charge < -0.3 is 10.6 Å². The second-order valence-corrected chi connectivity index (χ2v) is 4.90. The number of pyridine rings is 1. The predicted molar refractivity (Wildman–Crippen MR) is 78.2 cm³/mol. The zero-order valence-corrected chi connectivity index (χ0v) is 11.4. The summed E-state index contributed by atoms with van der Waals surface area (Å²) in [6.07, 6.45) is 10.4. The van der Waals surface area contributed by atoms with E-state index in [1.165, 1.54) is 32.6 Å². The molecular formula is C15H21N3O. The highest BCUT2D eigenvalue weighted by Gasteiger charge is 2.03. The van der Waals surface area contributed by atoms with Crippen LogP contribution in [0.2, 0.25) is 0 Å². The number of aromatic nitrogens is 1. The molecule has 0 fully saturated rings. The maximum absolute atomic E-state index is 10.9. The average molecular weight is 259 g/mol. The van der Waals surface area contributed by atoms with E-state index in [1.54, 1.807) is 11.8 Å². The van der Waals surface area contributed by atoms with E-state index in [0.29, 0.717) is 5.82 Å². The number of nitrogens with one attached hydrogen (secondary N) is 2. The lowest BCUT2D eigenvalue weighted by Crippen LogP contribution is -2.08. The summed E-state index contributed by atoms with van der Waals surface area (Å²) in [5.74, 6) is 0.491. The van der Waals surface area contributed by atoms with E-state index in [9.17, 15) is 4.79 Å². The van der Waals surface area contributed by atoms with E-state index in [-0.39, 0.29) is 5.91 Å². The molecule has 0 bridgehead atoms. The van der Waals surface area contributed by atoms with Crippen molar-refractivity contribution < 1.29 is 4.79 Å². The highest BCUT2D eigenvalue weighted by atomic mass is 16.1. The molecule has 0 atom stereocenters. The lowest BCUT2D eigenvalue weighted by atomic mass is 9.97. The molecule has 0 radical (unpaired) electrons. The fourth-order valence-corrected chi connectivity index (χ4v) is 2.25. The first-order valence-corrected chi connectivity index (χ1v) is 6.89. The molecule has 0 aliphatic heterocycles. The third-order valence-corrected chi connectivity index (χ3v) is 3.23. The second-order valence-electron chi connectivity index (χ2n) is 4.90. The molecular weight excluding hydrogens is 238 g/mol. The predicted octanol–water partition coefficient (Wildman–Crippen LogP) is 3.34. The normalized spacial score (nSPS) is 14.7. The molecule has 0 saturated heterocycles. The van der Waals surface area contributed by atoms with Crippen LogP contribution in [0, 0.1) is 0 Å². The van der Waals surface area contributed by atoms with Crippen LogP contribution in [-0.4, -0.2) is 17.4 Å². The van der Waals surface area contributed by atoms with Gasteiger partial charge in [-0.2, -0.15) is 0 Å². The molecule has 19 heavy (non-hydrogen) atoms. The standard InChI is InChI=1S/C15H21N3O/c1-12(19)18-15-8-7-14(11-17-15)16-10-9-13-5-3-2-4-6-13/h5,7-8,11,16H,2-4,6,9-10H2,1H3,(H,17,18,19). The second kappa shape index (κ2) is 6.92. The van der Waals surface area contributed by atoms with Crippen molar-refractivity contribution in [1.82, 2.24) is 4.98 Å². The average Bonchev–Trinajstić information content (AvgIpc) is 2.41. The molecule has 0 unspecified atom stereocenters. The van der Waals surface area contributed by atoms with Gasteiger partial charge in [0.15, 0.2) is 0 Å². The van der Waals surface area contributed by atoms with Crippen molar-refractivity contribution in [2.45, 2.75) is 39.0 Å². The Balaban J connectivity index is 1.76. The summed E-state index contributed by atoms with van der Waals surface area (Å²) in [7, 11) is 0. The van der Waals surface area contributed by atoms with E-state index in [1.807, 2.05) is 12.1 Å². The summed E-state index contributed by atoms with van der Waals surface area (Å²) in [6, 6.07) is 3.75. The Morgan fingerprint density at radius 2 is 2.26 bits per heavy atom. The number of anilines is 2. The van der Waals surface area contributed by atoms with E-state index in [2.05, 4.69) is 21.7 Å². The van der Waals surface area contributed by atoms with Gasteiger partial charge >= 0.3 is 0 Å². The van der Waals surface area contributed by atoms with E-state index in [4.69, 9.17) is 0 Å². The fourth-order valence-electron chi connectivity index (χ4n) is 2.25. The van der Waals surface area contributed by atoms with Crippen LogP contribution in [0.15, 0.2) is 30.0 Å². The molecule has 0 saturated carbocycles. The van der Waals surface area contributed by atoms with Crippen LogP contribution < -0.4 is 10.6 Å². The van der Waals surface area contributed by atoms with Crippen LogP contribution in [0.1, 0.15) is 39.0 Å². The molecule has 2 rings (SSSR count). The van der Waals surface area contributed by atoms with Gasteiger partial charge in [-0.15, -0.1) is 0 Å². The Bertz CT molecular complexity index is 451. The van der Waals surface area contributed by atoms with E-state index in [0.717, 1.165) is 18.7 Å². The molecule has 2 N–H and O–H groups in total. The lowest BCUT2D eigenvalue weighted by molar-refractivity contribution is -0.114. The Kier molecular flexibility index (Phi) is 4.95. The Morgan fingerprint density at radius 1 is 1.37 bits per heavy atom. The largest absolute Gasteiger partial charge is 0.383 e. The minimum absolute atomic E-state index is 0.0996. The highest BCUT2D eigenvalue weighted by molar-refractivity contribution is 5.87. The monoisotopic (exact) mass is 259 g/mol. The third-order valence-electron chi connectivity index (χ3n) is 3.23. The van der Waals surface area contributed by atoms with Crippen molar-refractivity contribution in [3.05, 3.63) is 30.0 Å². The van der Waals surface area contributed by atoms with Crippen molar-refractivity contribution in [2.24, 2.45) is 0 Å². The van der Waals surface area contributed by atoms with Gasteiger partial charge in [0.05, 0.1) is 11.9 Å². The Hall–Kier alpha value is -1.84. The number of carbonyl (C=O) groups is 1. The van der Waals surface area contributed by atoms with Gasteiger partial charge in [-0.1, -0.05) is 11.6 Å². The smallest absolute Gasteiger partial charge is 0.222 e. The van der Waals surface area contributed by atoms with Crippen LogP contribution in [0.4, 0.5) is 11.5 Å². The zero-order chi connectivity index (χ0) is 13.5. The number of allylic oxidation sites excluding steroid dienone is 1. The molecule has 0 aromatic carbocycles. The molecule has 1 aromatic rings. The van der Waals surface area contributed by atoms with Crippen molar-refractivity contribution >= 4 is 17.4 Å². The van der Waals surface area contributed by atoms with Gasteiger partial charge in [-0.25, -0.2) is 4.98 Å². The maximum Gasteiger partial charge on any atom is 0.222 e. The van der Waals surface area contributed by atoms with Gasteiger partial charge in [0.1, 0.15) is 5.82 Å². The quantitative estimate of drug-likeness (QED) is 0.797. The first-order valence-electron chi connectivity index (χ1n) is 6.89. The zero-order valence-electron chi connectivity index (χ0n) is 11.4. The highest BCUT2D eigenvalue weighted by Crippen LogP contribution is 2.20. The maximum atomic E-state index is 10.9. The van der Waals surface area contributed by atoms with Gasteiger partial charge in [-0.05, 0) is 44.2 Å². The SMILES string of the molecule is CC(=O)Nc1ccc(NCCC2=CCCCC2)cn1. The summed E-state index contributed by atoms with van der Waals surface area (Å²) < 4.78 is 0. The van der Waals surface area contributed by atoms with Gasteiger partial charge in [-0.3, -0.25) is 4.79 Å². The van der Waals surface area contributed by atoms with Crippen LogP contribution >= 0.6 is 0 Å². The topological polar surface area (TPSA) is 54.0 Å². The summed E-state index contributed by atoms with van der Waals surface area (Å²) in [4.78, 5) is 15.0. The molecule has 102 valence electrons. The minimum atomic E-state index is -0.0996. The first-order chi connectivity index (χ1) is 9.24. The van der Waals surface area contributed by atoms with Crippen LogP contribution in [-0.2, 0) is 4.79 Å². The third kappa shape index (κ3) is 4.73. The summed E-state index contributed by atoms with van der Waals surface area (Å²) in [5, 5.41) is 6.01. The molecule has 4 heteroatoms. The van der Waals surface area contributed by atoms with Gasteiger partial charge in [0, 0.05) is 13.5 Å². The van der Waals surface area contributed by atoms with Crippen molar-refractivity contribution in [2.75, 3.05) is 17.2 Å². The molecule has 1 aliphatic carbocycles. The molecule has 1 aliphatic rings. The summed E-state index contributed by atoms with van der Waals surface area (Å²) in [5.41, 5.74) is 2.56. The van der Waals surface area contributed by atoms with Gasteiger partial charge in [0.2, 0.25) is 5.91 Å². The van der Waals surface area contributed by atoms with Crippen molar-refractivity contribution in [1.29, 1.82) is 0 Å². The molecule has 1 heterocycles. The lowest BCUT2D eigenvalue weighted by Gasteiger charge is -2.13. The summed E-state index contributed by atoms with van der Waals surface area (Å²) >= 11 is 0. The summed E-state index contributed by atoms with van der Waals surface area (Å²) in [6.45, 7) is 2.42. The van der Waals surface area contributed by atoms with Gasteiger partial charge in [0.25, 0.3) is 0 Å². The van der Waals surface area contributed by atoms with E-state index < -0.39 is 0 Å². The van der Waals surface area contributed by atoms with Crippen LogP contribution in [0.5, 0.6) is 0 Å².